The molecule has 0 saturated heterocycles. The van der Waals surface area contributed by atoms with Crippen molar-refractivity contribution < 1.29 is 22.7 Å². The molecule has 26 heavy (non-hydrogen) atoms. The number of aromatic nitrogens is 4. The zero-order valence-corrected chi connectivity index (χ0v) is 13.2. The standard InChI is InChI=1S/C16H13F4N5O/c17-11-3-1-10(2-4-11)13-14(25(9-23-13)16(18,19)20)12-5-6-21-15(24-12)22-7-8-26/h1-6,9,26H,7-8H2,(H,21,22,24). The van der Waals surface area contributed by atoms with Gasteiger partial charge in [-0.25, -0.2) is 23.9 Å². The van der Waals surface area contributed by atoms with Gasteiger partial charge in [0.25, 0.3) is 0 Å². The third kappa shape index (κ3) is 3.64. The Bertz CT molecular complexity index is 892. The monoisotopic (exact) mass is 367 g/mol. The Balaban J connectivity index is 2.15. The van der Waals surface area contributed by atoms with Crippen LogP contribution in [0.4, 0.5) is 23.5 Å². The number of anilines is 1. The van der Waals surface area contributed by atoms with Crippen molar-refractivity contribution in [3.63, 3.8) is 0 Å². The van der Waals surface area contributed by atoms with E-state index in [1.54, 1.807) is 0 Å². The van der Waals surface area contributed by atoms with Crippen LogP contribution in [0.25, 0.3) is 22.6 Å². The Morgan fingerprint density at radius 2 is 1.81 bits per heavy atom. The van der Waals surface area contributed by atoms with Crippen LogP contribution < -0.4 is 5.32 Å². The summed E-state index contributed by atoms with van der Waals surface area (Å²) in [6, 6.07) is 6.28. The van der Waals surface area contributed by atoms with Crippen LogP contribution in [0.2, 0.25) is 0 Å². The molecule has 10 heteroatoms. The molecule has 0 amide bonds. The molecule has 136 valence electrons. The lowest BCUT2D eigenvalue weighted by molar-refractivity contribution is -0.202. The topological polar surface area (TPSA) is 75.9 Å². The molecule has 0 saturated carbocycles. The predicted octanol–water partition coefficient (Wildman–Crippen LogP) is 3.03. The first-order valence-corrected chi connectivity index (χ1v) is 7.49. The van der Waals surface area contributed by atoms with Crippen LogP contribution in [-0.4, -0.2) is 37.8 Å². The largest absolute Gasteiger partial charge is 0.490 e. The highest BCUT2D eigenvalue weighted by Crippen LogP contribution is 2.36. The van der Waals surface area contributed by atoms with Crippen LogP contribution in [-0.2, 0) is 6.30 Å². The smallest absolute Gasteiger partial charge is 0.395 e. The van der Waals surface area contributed by atoms with E-state index in [0.717, 1.165) is 12.1 Å². The van der Waals surface area contributed by atoms with Gasteiger partial charge >= 0.3 is 6.30 Å². The number of hydrogen-bond donors (Lipinski definition) is 2. The SMILES string of the molecule is OCCNc1nccc(-c2c(-c3ccc(F)cc3)ncn2C(F)(F)F)n1. The summed E-state index contributed by atoms with van der Waals surface area (Å²) in [5.41, 5.74) is 0.00941. The van der Waals surface area contributed by atoms with E-state index in [-0.39, 0.29) is 40.7 Å². The van der Waals surface area contributed by atoms with Crippen LogP contribution in [0.5, 0.6) is 0 Å². The summed E-state index contributed by atoms with van der Waals surface area (Å²) >= 11 is 0. The van der Waals surface area contributed by atoms with Crippen molar-refractivity contribution in [2.45, 2.75) is 6.30 Å². The number of alkyl halides is 3. The second-order valence-corrected chi connectivity index (χ2v) is 5.20. The van der Waals surface area contributed by atoms with Gasteiger partial charge in [0.1, 0.15) is 17.8 Å². The maximum absolute atomic E-state index is 13.4. The van der Waals surface area contributed by atoms with Crippen molar-refractivity contribution in [1.82, 2.24) is 19.5 Å². The normalized spacial score (nSPS) is 11.6. The number of nitrogens with zero attached hydrogens (tertiary/aromatic N) is 4. The summed E-state index contributed by atoms with van der Waals surface area (Å²) in [6.07, 6.45) is -2.77. The average molecular weight is 367 g/mol. The molecule has 2 aromatic heterocycles. The molecule has 6 nitrogen and oxygen atoms in total. The third-order valence-electron chi connectivity index (χ3n) is 3.45. The van der Waals surface area contributed by atoms with Crippen molar-refractivity contribution in [2.24, 2.45) is 0 Å². The van der Waals surface area contributed by atoms with Gasteiger partial charge in [-0.3, -0.25) is 0 Å². The molecular weight excluding hydrogens is 354 g/mol. The molecule has 3 aromatic rings. The van der Waals surface area contributed by atoms with E-state index in [4.69, 9.17) is 5.11 Å². The molecule has 0 atom stereocenters. The lowest BCUT2D eigenvalue weighted by Crippen LogP contribution is -2.17. The molecule has 0 unspecified atom stereocenters. The highest BCUT2D eigenvalue weighted by molar-refractivity contribution is 5.77. The highest BCUT2D eigenvalue weighted by Gasteiger charge is 2.35. The van der Waals surface area contributed by atoms with Crippen molar-refractivity contribution in [2.75, 3.05) is 18.5 Å². The van der Waals surface area contributed by atoms with Gasteiger partial charge in [-0.1, -0.05) is 0 Å². The van der Waals surface area contributed by atoms with E-state index in [1.165, 1.54) is 24.4 Å². The fraction of sp³-hybridized carbons (Fsp3) is 0.188. The van der Waals surface area contributed by atoms with Gasteiger partial charge in [0.2, 0.25) is 5.95 Å². The zero-order chi connectivity index (χ0) is 18.7. The maximum atomic E-state index is 13.4. The van der Waals surface area contributed by atoms with E-state index >= 15 is 0 Å². The Morgan fingerprint density at radius 3 is 2.46 bits per heavy atom. The molecule has 0 aliphatic rings. The van der Waals surface area contributed by atoms with E-state index in [9.17, 15) is 17.6 Å². The molecule has 2 heterocycles. The Morgan fingerprint density at radius 1 is 1.08 bits per heavy atom. The second kappa shape index (κ2) is 7.08. The molecule has 0 radical (unpaired) electrons. The van der Waals surface area contributed by atoms with Gasteiger partial charge in [0.05, 0.1) is 18.0 Å². The van der Waals surface area contributed by atoms with Crippen LogP contribution in [0, 0.1) is 5.82 Å². The van der Waals surface area contributed by atoms with E-state index in [2.05, 4.69) is 20.3 Å². The second-order valence-electron chi connectivity index (χ2n) is 5.20. The lowest BCUT2D eigenvalue weighted by atomic mass is 10.1. The number of rotatable bonds is 5. The minimum atomic E-state index is -4.72. The average Bonchev–Trinajstić information content (AvgIpc) is 3.06. The number of aliphatic hydroxyl groups excluding tert-OH is 1. The molecule has 0 aliphatic carbocycles. The molecule has 0 aliphatic heterocycles. The number of benzene rings is 1. The van der Waals surface area contributed by atoms with Crippen molar-refractivity contribution in [1.29, 1.82) is 0 Å². The lowest BCUT2D eigenvalue weighted by Gasteiger charge is -2.13. The Kier molecular flexibility index (Phi) is 4.85. The Hall–Kier alpha value is -3.01. The van der Waals surface area contributed by atoms with Crippen molar-refractivity contribution >= 4 is 5.95 Å². The summed E-state index contributed by atoms with van der Waals surface area (Å²) in [5.74, 6) is -0.445. The Labute approximate surface area is 145 Å². The summed E-state index contributed by atoms with van der Waals surface area (Å²) in [4.78, 5) is 11.8. The first kappa shape index (κ1) is 17.8. The minimum absolute atomic E-state index is 0.00846. The van der Waals surface area contributed by atoms with Crippen molar-refractivity contribution in [3.05, 3.63) is 48.7 Å². The van der Waals surface area contributed by atoms with Crippen LogP contribution in [0.1, 0.15) is 0 Å². The summed E-state index contributed by atoms with van der Waals surface area (Å²) < 4.78 is 53.4. The first-order chi connectivity index (χ1) is 12.4. The van der Waals surface area contributed by atoms with E-state index in [1.807, 2.05) is 0 Å². The molecule has 2 N–H and O–H groups in total. The minimum Gasteiger partial charge on any atom is -0.395 e. The predicted molar refractivity (Wildman–Crippen MR) is 85.5 cm³/mol. The summed E-state index contributed by atoms with van der Waals surface area (Å²) in [5, 5.41) is 11.5. The van der Waals surface area contributed by atoms with E-state index in [0.29, 0.717) is 11.9 Å². The maximum Gasteiger partial charge on any atom is 0.490 e. The molecule has 1 aromatic carbocycles. The van der Waals surface area contributed by atoms with E-state index < -0.39 is 12.1 Å². The fourth-order valence-electron chi connectivity index (χ4n) is 2.35. The first-order valence-electron chi connectivity index (χ1n) is 7.49. The number of aliphatic hydroxyl groups is 1. The van der Waals surface area contributed by atoms with Gasteiger partial charge in [0, 0.05) is 18.3 Å². The molecule has 0 bridgehead atoms. The van der Waals surface area contributed by atoms with Gasteiger partial charge in [-0.2, -0.15) is 0 Å². The molecule has 3 rings (SSSR count). The van der Waals surface area contributed by atoms with Gasteiger partial charge < -0.3 is 10.4 Å². The number of hydrogen-bond acceptors (Lipinski definition) is 5. The van der Waals surface area contributed by atoms with Gasteiger partial charge in [-0.15, -0.1) is 13.2 Å². The quantitative estimate of drug-likeness (QED) is 0.678. The molecule has 0 spiro atoms. The fourth-order valence-corrected chi connectivity index (χ4v) is 2.35. The molecular formula is C16H13F4N5O. The summed E-state index contributed by atoms with van der Waals surface area (Å²) in [6.45, 7) is -0.0400. The van der Waals surface area contributed by atoms with Crippen LogP contribution in [0.3, 0.4) is 0 Å². The zero-order valence-electron chi connectivity index (χ0n) is 13.2. The third-order valence-corrected chi connectivity index (χ3v) is 3.45. The van der Waals surface area contributed by atoms with Crippen molar-refractivity contribution in [3.8, 4) is 22.6 Å². The van der Waals surface area contributed by atoms with Crippen LogP contribution in [0.15, 0.2) is 42.9 Å². The number of halogens is 4. The van der Waals surface area contributed by atoms with Gasteiger partial charge in [0.15, 0.2) is 0 Å². The number of nitrogens with one attached hydrogen (secondary N) is 1. The molecule has 0 fully saturated rings. The highest BCUT2D eigenvalue weighted by atomic mass is 19.4. The number of imidazole rings is 1. The summed E-state index contributed by atoms with van der Waals surface area (Å²) in [7, 11) is 0. The van der Waals surface area contributed by atoms with Crippen LogP contribution >= 0.6 is 0 Å². The van der Waals surface area contributed by atoms with Gasteiger partial charge in [-0.05, 0) is 30.3 Å².